The highest BCUT2D eigenvalue weighted by molar-refractivity contribution is 5.79. The predicted molar refractivity (Wildman–Crippen MR) is 90.4 cm³/mol. The van der Waals surface area contributed by atoms with E-state index in [0.717, 1.165) is 19.1 Å². The molecule has 26 heavy (non-hydrogen) atoms. The summed E-state index contributed by atoms with van der Waals surface area (Å²) in [5, 5.41) is 3.06. The van der Waals surface area contributed by atoms with Gasteiger partial charge in [0.2, 0.25) is 5.91 Å². The second-order valence-corrected chi connectivity index (χ2v) is 7.83. The molecule has 2 saturated carbocycles. The zero-order chi connectivity index (χ0) is 18.3. The van der Waals surface area contributed by atoms with Crippen molar-refractivity contribution in [2.45, 2.75) is 56.8 Å². The van der Waals surface area contributed by atoms with Crippen molar-refractivity contribution in [2.75, 3.05) is 6.61 Å². The highest BCUT2D eigenvalue weighted by Gasteiger charge is 2.56. The topological polar surface area (TPSA) is 38.3 Å². The molecule has 1 amide bonds. The van der Waals surface area contributed by atoms with E-state index in [9.17, 15) is 18.0 Å². The lowest BCUT2D eigenvalue weighted by Crippen LogP contribution is -2.63. The van der Waals surface area contributed by atoms with Crippen LogP contribution in [0.4, 0.5) is 13.2 Å². The van der Waals surface area contributed by atoms with Crippen LogP contribution in [-0.2, 0) is 22.1 Å². The molecule has 0 bridgehead atoms. The fourth-order valence-electron chi connectivity index (χ4n) is 5.22. The number of carbonyl (C=O) groups excluding carboxylic acids is 1. The molecular formula is C20H24F3NO2. The molecule has 1 saturated heterocycles. The lowest BCUT2D eigenvalue weighted by atomic mass is 9.61. The van der Waals surface area contributed by atoms with Gasteiger partial charge in [-0.15, -0.1) is 0 Å². The Morgan fingerprint density at radius 1 is 1.15 bits per heavy atom. The number of alkyl halides is 3. The number of hydrogen-bond acceptors (Lipinski definition) is 2. The normalized spacial score (nSPS) is 31.5. The molecule has 1 heterocycles. The van der Waals surface area contributed by atoms with Gasteiger partial charge in [0.15, 0.2) is 0 Å². The van der Waals surface area contributed by atoms with Crippen molar-refractivity contribution in [3.05, 3.63) is 35.4 Å². The Bertz CT molecular complexity index is 665. The summed E-state index contributed by atoms with van der Waals surface area (Å²) in [6.07, 6.45) is 1.26. The third-order valence-electron chi connectivity index (χ3n) is 6.38. The molecule has 4 atom stereocenters. The van der Waals surface area contributed by atoms with Crippen LogP contribution in [0.25, 0.3) is 0 Å². The molecule has 1 N–H and O–H groups in total. The first-order chi connectivity index (χ1) is 12.4. The van der Waals surface area contributed by atoms with Gasteiger partial charge in [-0.3, -0.25) is 4.79 Å². The molecule has 2 aliphatic carbocycles. The van der Waals surface area contributed by atoms with E-state index in [1.807, 2.05) is 0 Å². The first-order valence-corrected chi connectivity index (χ1v) is 9.51. The monoisotopic (exact) mass is 367 g/mol. The molecule has 1 aromatic carbocycles. The number of amides is 1. The van der Waals surface area contributed by atoms with Crippen LogP contribution in [0.15, 0.2) is 24.3 Å². The first kappa shape index (κ1) is 17.8. The summed E-state index contributed by atoms with van der Waals surface area (Å²) in [5.74, 6) is 0.899. The number of ether oxygens (including phenoxy) is 1. The van der Waals surface area contributed by atoms with Crippen molar-refractivity contribution in [1.82, 2.24) is 5.32 Å². The summed E-state index contributed by atoms with van der Waals surface area (Å²) in [7, 11) is 0. The molecule has 0 aromatic heterocycles. The number of fused-ring (bicyclic) bond motifs is 1. The van der Waals surface area contributed by atoms with E-state index < -0.39 is 11.7 Å². The second kappa shape index (κ2) is 6.87. The van der Waals surface area contributed by atoms with Crippen LogP contribution in [-0.4, -0.2) is 24.7 Å². The Kier molecular flexibility index (Phi) is 4.71. The molecule has 1 aliphatic heterocycles. The number of halogens is 3. The van der Waals surface area contributed by atoms with Gasteiger partial charge < -0.3 is 10.1 Å². The SMILES string of the molecule is O=C(Cc1ccccc1C(F)(F)F)N[C@@H]1[C@@H]2CCO[C@@H]2[C@@H]1C1CCCC1. The molecule has 1 aromatic rings. The van der Waals surface area contributed by atoms with Gasteiger partial charge in [-0.1, -0.05) is 43.9 Å². The zero-order valence-electron chi connectivity index (χ0n) is 14.6. The maximum absolute atomic E-state index is 13.1. The van der Waals surface area contributed by atoms with Gasteiger partial charge in [0.1, 0.15) is 0 Å². The van der Waals surface area contributed by atoms with Crippen LogP contribution in [0.2, 0.25) is 0 Å². The van der Waals surface area contributed by atoms with Gasteiger partial charge in [-0.2, -0.15) is 13.2 Å². The van der Waals surface area contributed by atoms with E-state index in [4.69, 9.17) is 4.74 Å². The summed E-state index contributed by atoms with van der Waals surface area (Å²) in [5.41, 5.74) is -0.688. The van der Waals surface area contributed by atoms with Gasteiger partial charge in [0, 0.05) is 24.5 Å². The fraction of sp³-hybridized carbons (Fsp3) is 0.650. The first-order valence-electron chi connectivity index (χ1n) is 9.51. The summed E-state index contributed by atoms with van der Waals surface area (Å²) in [6.45, 7) is 0.724. The number of carbonyl (C=O) groups is 1. The van der Waals surface area contributed by atoms with Gasteiger partial charge in [-0.05, 0) is 24.0 Å². The van der Waals surface area contributed by atoms with E-state index in [-0.39, 0.29) is 30.0 Å². The van der Waals surface area contributed by atoms with Gasteiger partial charge in [0.25, 0.3) is 0 Å². The zero-order valence-corrected chi connectivity index (χ0v) is 14.6. The molecule has 0 spiro atoms. The van der Waals surface area contributed by atoms with Crippen LogP contribution in [0.3, 0.4) is 0 Å². The standard InChI is InChI=1S/C20H24F3NO2/c21-20(22,23)15-8-4-3-7-13(15)11-16(25)24-18-14-9-10-26-19(14)17(18)12-5-1-2-6-12/h3-4,7-8,12,14,17-19H,1-2,5-6,9-11H2,(H,24,25)/t14-,17+,18+,19-/m0/s1. The maximum Gasteiger partial charge on any atom is 0.416 e. The Morgan fingerprint density at radius 3 is 2.62 bits per heavy atom. The lowest BCUT2D eigenvalue weighted by Gasteiger charge is -2.50. The minimum Gasteiger partial charge on any atom is -0.377 e. The highest BCUT2D eigenvalue weighted by Crippen LogP contribution is 2.51. The van der Waals surface area contributed by atoms with E-state index >= 15 is 0 Å². The minimum atomic E-state index is -4.44. The lowest BCUT2D eigenvalue weighted by molar-refractivity contribution is -0.138. The van der Waals surface area contributed by atoms with Crippen molar-refractivity contribution in [3.63, 3.8) is 0 Å². The van der Waals surface area contributed by atoms with E-state index in [2.05, 4.69) is 5.32 Å². The number of rotatable bonds is 4. The van der Waals surface area contributed by atoms with Gasteiger partial charge in [-0.25, -0.2) is 0 Å². The van der Waals surface area contributed by atoms with Gasteiger partial charge >= 0.3 is 6.18 Å². The third-order valence-corrected chi connectivity index (χ3v) is 6.38. The molecule has 3 fully saturated rings. The molecule has 142 valence electrons. The average Bonchev–Trinajstić information content (AvgIpc) is 3.23. The van der Waals surface area contributed by atoms with Crippen LogP contribution in [0.1, 0.15) is 43.2 Å². The maximum atomic E-state index is 13.1. The third kappa shape index (κ3) is 3.24. The summed E-state index contributed by atoms with van der Waals surface area (Å²) in [6, 6.07) is 5.37. The summed E-state index contributed by atoms with van der Waals surface area (Å²) in [4.78, 5) is 12.5. The largest absolute Gasteiger partial charge is 0.416 e. The Morgan fingerprint density at radius 2 is 1.88 bits per heavy atom. The molecule has 0 unspecified atom stereocenters. The van der Waals surface area contributed by atoms with Crippen LogP contribution < -0.4 is 5.32 Å². The number of benzene rings is 1. The number of nitrogens with one attached hydrogen (secondary N) is 1. The smallest absolute Gasteiger partial charge is 0.377 e. The second-order valence-electron chi connectivity index (χ2n) is 7.83. The molecule has 6 heteroatoms. The molecule has 3 aliphatic rings. The quantitative estimate of drug-likeness (QED) is 0.875. The predicted octanol–water partition coefficient (Wildman–Crippen LogP) is 3.96. The van der Waals surface area contributed by atoms with E-state index in [1.54, 1.807) is 6.07 Å². The van der Waals surface area contributed by atoms with Crippen molar-refractivity contribution in [2.24, 2.45) is 17.8 Å². The van der Waals surface area contributed by atoms with Crippen molar-refractivity contribution in [1.29, 1.82) is 0 Å². The van der Waals surface area contributed by atoms with Crippen LogP contribution >= 0.6 is 0 Å². The minimum absolute atomic E-state index is 0.0356. The van der Waals surface area contributed by atoms with Crippen molar-refractivity contribution in [3.8, 4) is 0 Å². The fourth-order valence-corrected chi connectivity index (χ4v) is 5.22. The van der Waals surface area contributed by atoms with Gasteiger partial charge in [0.05, 0.1) is 18.1 Å². The average molecular weight is 367 g/mol. The Balaban J connectivity index is 1.45. The summed E-state index contributed by atoms with van der Waals surface area (Å²) >= 11 is 0. The van der Waals surface area contributed by atoms with Crippen LogP contribution in [0.5, 0.6) is 0 Å². The molecule has 0 radical (unpaired) electrons. The van der Waals surface area contributed by atoms with Crippen molar-refractivity contribution < 1.29 is 22.7 Å². The highest BCUT2D eigenvalue weighted by atomic mass is 19.4. The van der Waals surface area contributed by atoms with E-state index in [0.29, 0.717) is 17.8 Å². The Labute approximate surface area is 151 Å². The Hall–Kier alpha value is -1.56. The van der Waals surface area contributed by atoms with Crippen LogP contribution in [0, 0.1) is 17.8 Å². The van der Waals surface area contributed by atoms with E-state index in [1.165, 1.54) is 37.8 Å². The summed E-state index contributed by atoms with van der Waals surface area (Å²) < 4.78 is 45.3. The molecule has 4 rings (SSSR count). The molecule has 3 nitrogen and oxygen atoms in total. The number of hydrogen-bond donors (Lipinski definition) is 1. The molecular weight excluding hydrogens is 343 g/mol. The van der Waals surface area contributed by atoms with Crippen molar-refractivity contribution >= 4 is 5.91 Å².